The molecule has 0 aliphatic rings. The lowest BCUT2D eigenvalue weighted by Gasteiger charge is -2.08. The molecule has 2 rings (SSSR count). The van der Waals surface area contributed by atoms with E-state index in [-0.39, 0.29) is 29.1 Å². The van der Waals surface area contributed by atoms with Gasteiger partial charge in [-0.15, -0.1) is 0 Å². The van der Waals surface area contributed by atoms with E-state index < -0.39 is 5.82 Å². The molecule has 0 saturated heterocycles. The van der Waals surface area contributed by atoms with Gasteiger partial charge in [0, 0.05) is 26.8 Å². The Morgan fingerprint density at radius 3 is 2.55 bits per heavy atom. The lowest BCUT2D eigenvalue weighted by Crippen LogP contribution is -2.24. The third kappa shape index (κ3) is 4.36. The normalized spacial score (nSPS) is 10.3. The molecule has 0 saturated carbocycles. The van der Waals surface area contributed by atoms with Gasteiger partial charge in [0.05, 0.1) is 5.33 Å². The first-order chi connectivity index (χ1) is 10.5. The Balaban J connectivity index is 2.25. The maximum absolute atomic E-state index is 13.8. The van der Waals surface area contributed by atoms with E-state index in [2.05, 4.69) is 43.8 Å². The van der Waals surface area contributed by atoms with Gasteiger partial charge in [0.15, 0.2) is 5.78 Å². The zero-order valence-corrected chi connectivity index (χ0v) is 15.1. The van der Waals surface area contributed by atoms with Crippen molar-refractivity contribution < 1.29 is 14.0 Å². The lowest BCUT2D eigenvalue weighted by atomic mass is 10.0. The first kappa shape index (κ1) is 17.1. The van der Waals surface area contributed by atoms with Crippen LogP contribution in [-0.4, -0.2) is 17.0 Å². The molecule has 0 radical (unpaired) electrons. The van der Waals surface area contributed by atoms with E-state index in [0.717, 1.165) is 3.57 Å². The fourth-order valence-corrected chi connectivity index (χ4v) is 2.63. The summed E-state index contributed by atoms with van der Waals surface area (Å²) in [6.07, 6.45) is 0. The summed E-state index contributed by atoms with van der Waals surface area (Å²) in [5, 5.41) is 2.71. The average Bonchev–Trinajstić information content (AvgIpc) is 2.53. The zero-order chi connectivity index (χ0) is 16.1. The van der Waals surface area contributed by atoms with Gasteiger partial charge in [0.2, 0.25) is 5.91 Å². The van der Waals surface area contributed by atoms with Crippen molar-refractivity contribution in [3.8, 4) is 0 Å². The van der Waals surface area contributed by atoms with Gasteiger partial charge in [-0.1, -0.05) is 28.1 Å². The van der Waals surface area contributed by atoms with Gasteiger partial charge in [-0.25, -0.2) is 4.39 Å². The minimum absolute atomic E-state index is 0.0453. The summed E-state index contributed by atoms with van der Waals surface area (Å²) >= 11 is 5.15. The second-order valence-corrected chi connectivity index (χ2v) is 6.36. The Labute approximate surface area is 149 Å². The largest absolute Gasteiger partial charge is 0.351 e. The lowest BCUT2D eigenvalue weighted by molar-refractivity contribution is -0.118. The first-order valence-electron chi connectivity index (χ1n) is 6.42. The highest BCUT2D eigenvalue weighted by Crippen LogP contribution is 2.16. The number of ketones is 1. The van der Waals surface area contributed by atoms with E-state index in [4.69, 9.17) is 0 Å². The summed E-state index contributed by atoms with van der Waals surface area (Å²) < 4.78 is 14.7. The molecule has 0 fully saturated rings. The van der Waals surface area contributed by atoms with E-state index in [1.807, 2.05) is 6.07 Å². The van der Waals surface area contributed by atoms with Crippen molar-refractivity contribution in [3.63, 3.8) is 0 Å². The van der Waals surface area contributed by atoms with Crippen LogP contribution in [-0.2, 0) is 11.3 Å². The van der Waals surface area contributed by atoms with Gasteiger partial charge in [-0.3, -0.25) is 9.59 Å². The number of rotatable bonds is 5. The number of carbonyl (C=O) groups excluding carboxylic acids is 2. The van der Waals surface area contributed by atoms with Crippen molar-refractivity contribution >= 4 is 50.2 Å². The molecule has 22 heavy (non-hydrogen) atoms. The van der Waals surface area contributed by atoms with Crippen molar-refractivity contribution in [3.05, 3.63) is 68.5 Å². The van der Waals surface area contributed by atoms with Crippen LogP contribution in [0.4, 0.5) is 4.39 Å². The highest BCUT2D eigenvalue weighted by atomic mass is 127. The van der Waals surface area contributed by atoms with Crippen LogP contribution in [0.2, 0.25) is 0 Å². The number of halogens is 3. The Hall–Kier alpha value is -1.28. The van der Waals surface area contributed by atoms with Crippen LogP contribution in [0.25, 0.3) is 0 Å². The Kier molecular flexibility index (Phi) is 6.07. The fourth-order valence-electron chi connectivity index (χ4n) is 1.89. The molecule has 0 heterocycles. The van der Waals surface area contributed by atoms with Crippen molar-refractivity contribution in [2.45, 2.75) is 6.54 Å². The smallest absolute Gasteiger partial charge is 0.230 e. The molecule has 0 aliphatic heterocycles. The number of carbonyl (C=O) groups is 2. The van der Waals surface area contributed by atoms with Crippen LogP contribution in [0.5, 0.6) is 0 Å². The minimum Gasteiger partial charge on any atom is -0.351 e. The molecule has 3 nitrogen and oxygen atoms in total. The molecule has 6 heteroatoms. The second kappa shape index (κ2) is 7.82. The molecule has 2 aromatic rings. The number of hydrogen-bond acceptors (Lipinski definition) is 2. The predicted molar refractivity (Wildman–Crippen MR) is 94.6 cm³/mol. The third-order valence-electron chi connectivity index (χ3n) is 2.99. The standard InChI is InChI=1S/C16H12BrFINO2/c17-8-15(21)20-9-12-6-11(4-5-14(12)18)16(22)10-2-1-3-13(19)7-10/h1-7H,8-9H2,(H,20,21). The maximum Gasteiger partial charge on any atom is 0.230 e. The first-order valence-corrected chi connectivity index (χ1v) is 8.62. The average molecular weight is 476 g/mol. The molecule has 0 atom stereocenters. The molecule has 0 spiro atoms. The third-order valence-corrected chi connectivity index (χ3v) is 4.17. The summed E-state index contributed by atoms with van der Waals surface area (Å²) in [5.74, 6) is -0.866. The van der Waals surface area contributed by atoms with Crippen molar-refractivity contribution in [1.29, 1.82) is 0 Å². The Morgan fingerprint density at radius 2 is 1.86 bits per heavy atom. The zero-order valence-electron chi connectivity index (χ0n) is 11.4. The maximum atomic E-state index is 13.8. The van der Waals surface area contributed by atoms with E-state index in [9.17, 15) is 14.0 Å². The molecular formula is C16H12BrFINO2. The number of hydrogen-bond donors (Lipinski definition) is 1. The summed E-state index contributed by atoms with van der Waals surface area (Å²) in [6.45, 7) is 0.0453. The van der Waals surface area contributed by atoms with Gasteiger partial charge in [-0.05, 0) is 52.9 Å². The molecular weight excluding hydrogens is 464 g/mol. The van der Waals surface area contributed by atoms with Crippen LogP contribution >= 0.6 is 38.5 Å². The predicted octanol–water partition coefficient (Wildman–Crippen LogP) is 3.67. The van der Waals surface area contributed by atoms with Gasteiger partial charge in [-0.2, -0.15) is 0 Å². The van der Waals surface area contributed by atoms with Gasteiger partial charge >= 0.3 is 0 Å². The van der Waals surface area contributed by atoms with E-state index >= 15 is 0 Å². The fraction of sp³-hybridized carbons (Fsp3) is 0.125. The number of amides is 1. The van der Waals surface area contributed by atoms with Crippen molar-refractivity contribution in [2.75, 3.05) is 5.33 Å². The summed E-state index contributed by atoms with van der Waals surface area (Å²) in [6, 6.07) is 11.4. The second-order valence-electron chi connectivity index (χ2n) is 4.56. The summed E-state index contributed by atoms with van der Waals surface area (Å²) in [5.41, 5.74) is 1.23. The minimum atomic E-state index is -0.450. The Morgan fingerprint density at radius 1 is 1.14 bits per heavy atom. The van der Waals surface area contributed by atoms with Gasteiger partial charge in [0.25, 0.3) is 0 Å². The number of alkyl halides is 1. The summed E-state index contributed by atoms with van der Waals surface area (Å²) in [4.78, 5) is 23.7. The van der Waals surface area contributed by atoms with Gasteiger partial charge < -0.3 is 5.32 Å². The monoisotopic (exact) mass is 475 g/mol. The molecule has 0 bridgehead atoms. The quantitative estimate of drug-likeness (QED) is 0.407. The number of benzene rings is 2. The molecule has 2 aromatic carbocycles. The highest BCUT2D eigenvalue weighted by Gasteiger charge is 2.12. The van der Waals surface area contributed by atoms with E-state index in [1.54, 1.807) is 18.2 Å². The van der Waals surface area contributed by atoms with Crippen LogP contribution in [0, 0.1) is 9.39 Å². The van der Waals surface area contributed by atoms with Crippen LogP contribution in [0.3, 0.4) is 0 Å². The van der Waals surface area contributed by atoms with Crippen LogP contribution < -0.4 is 5.32 Å². The molecule has 0 unspecified atom stereocenters. The molecule has 0 aromatic heterocycles. The van der Waals surface area contributed by atoms with Crippen molar-refractivity contribution in [2.24, 2.45) is 0 Å². The molecule has 1 N–H and O–H groups in total. The SMILES string of the molecule is O=C(CBr)NCc1cc(C(=O)c2cccc(I)c2)ccc1F. The van der Waals surface area contributed by atoms with E-state index in [1.165, 1.54) is 18.2 Å². The molecule has 1 amide bonds. The Bertz CT molecular complexity index is 721. The molecule has 114 valence electrons. The van der Waals surface area contributed by atoms with Crippen molar-refractivity contribution in [1.82, 2.24) is 5.32 Å². The number of nitrogens with one attached hydrogen (secondary N) is 1. The van der Waals surface area contributed by atoms with Gasteiger partial charge in [0.1, 0.15) is 5.82 Å². The highest BCUT2D eigenvalue weighted by molar-refractivity contribution is 14.1. The topological polar surface area (TPSA) is 46.2 Å². The summed E-state index contributed by atoms with van der Waals surface area (Å²) in [7, 11) is 0. The van der Waals surface area contributed by atoms with E-state index in [0.29, 0.717) is 11.1 Å². The van der Waals surface area contributed by atoms with Crippen LogP contribution in [0.15, 0.2) is 42.5 Å². The van der Waals surface area contributed by atoms with Crippen LogP contribution in [0.1, 0.15) is 21.5 Å². The molecule has 0 aliphatic carbocycles.